The number of aliphatic hydroxyl groups is 1. The molecule has 0 fully saturated rings. The lowest BCUT2D eigenvalue weighted by Gasteiger charge is -2.06. The summed E-state index contributed by atoms with van der Waals surface area (Å²) < 4.78 is 0. The molecule has 4 heteroatoms. The summed E-state index contributed by atoms with van der Waals surface area (Å²) in [4.78, 5) is 11.8. The number of para-hydroxylation sites is 1. The quantitative estimate of drug-likeness (QED) is 0.844. The molecule has 0 radical (unpaired) electrons. The van der Waals surface area contributed by atoms with Gasteiger partial charge in [0.1, 0.15) is 0 Å². The second kappa shape index (κ2) is 7.04. The highest BCUT2D eigenvalue weighted by molar-refractivity contribution is 6.02. The average Bonchev–Trinajstić information content (AvgIpc) is 2.54. The maximum Gasteiger partial charge on any atom is 0.248 e. The topological polar surface area (TPSA) is 73.1 Å². The summed E-state index contributed by atoms with van der Waals surface area (Å²) >= 11 is 0. The summed E-state index contributed by atoms with van der Waals surface area (Å²) in [5.41, 5.74) is 2.67. The Morgan fingerprint density at radius 1 is 1.19 bits per heavy atom. The molecule has 0 spiro atoms. The van der Waals surface area contributed by atoms with Gasteiger partial charge in [-0.15, -0.1) is 0 Å². The zero-order valence-electron chi connectivity index (χ0n) is 11.3. The second-order valence-electron chi connectivity index (χ2n) is 4.37. The molecule has 0 aliphatic rings. The molecule has 0 unspecified atom stereocenters. The smallest absolute Gasteiger partial charge is 0.248 e. The summed E-state index contributed by atoms with van der Waals surface area (Å²) in [6, 6.07) is 16.0. The van der Waals surface area contributed by atoms with Crippen LogP contribution in [0.5, 0.6) is 0 Å². The van der Waals surface area contributed by atoms with Gasteiger partial charge in [-0.2, -0.15) is 5.26 Å². The van der Waals surface area contributed by atoms with Crippen LogP contribution >= 0.6 is 0 Å². The van der Waals surface area contributed by atoms with Gasteiger partial charge < -0.3 is 10.4 Å². The van der Waals surface area contributed by atoms with E-state index in [0.717, 1.165) is 5.56 Å². The molecule has 104 valence electrons. The van der Waals surface area contributed by atoms with Gasteiger partial charge in [-0.25, -0.2) is 0 Å². The molecule has 21 heavy (non-hydrogen) atoms. The number of aliphatic hydroxyl groups excluding tert-OH is 1. The Morgan fingerprint density at radius 3 is 2.57 bits per heavy atom. The van der Waals surface area contributed by atoms with Gasteiger partial charge in [0.25, 0.3) is 0 Å². The number of nitrogens with one attached hydrogen (secondary N) is 1. The Hall–Kier alpha value is -2.90. The highest BCUT2D eigenvalue weighted by atomic mass is 16.3. The number of amides is 1. The fraction of sp³-hybridized carbons (Fsp3) is 0.0588. The van der Waals surface area contributed by atoms with Gasteiger partial charge in [-0.3, -0.25) is 4.79 Å². The van der Waals surface area contributed by atoms with E-state index in [2.05, 4.69) is 5.32 Å². The molecule has 2 N–H and O–H groups in total. The molecule has 0 aromatic heterocycles. The summed E-state index contributed by atoms with van der Waals surface area (Å²) in [5.74, 6) is -0.278. The van der Waals surface area contributed by atoms with E-state index in [-0.39, 0.29) is 12.5 Å². The first-order valence-corrected chi connectivity index (χ1v) is 6.41. The molecule has 0 heterocycles. The molecule has 0 saturated carbocycles. The fourth-order valence-corrected chi connectivity index (χ4v) is 1.80. The number of carbonyl (C=O) groups is 1. The first-order valence-electron chi connectivity index (χ1n) is 6.41. The minimum absolute atomic E-state index is 0.129. The Bertz CT molecular complexity index is 697. The molecule has 2 aromatic carbocycles. The lowest BCUT2D eigenvalue weighted by molar-refractivity contribution is -0.111. The molecular weight excluding hydrogens is 264 g/mol. The van der Waals surface area contributed by atoms with Gasteiger partial charge in [0, 0.05) is 17.3 Å². The van der Waals surface area contributed by atoms with Crippen LogP contribution in [0.2, 0.25) is 0 Å². The van der Waals surface area contributed by atoms with Crippen molar-refractivity contribution < 1.29 is 9.90 Å². The average molecular weight is 278 g/mol. The van der Waals surface area contributed by atoms with Crippen molar-refractivity contribution in [2.75, 3.05) is 5.32 Å². The SMILES string of the molecule is N#Cc1ccc(C=CC(=O)Nc2ccccc2CO)cc1. The van der Waals surface area contributed by atoms with E-state index < -0.39 is 0 Å². The van der Waals surface area contributed by atoms with Crippen molar-refractivity contribution in [1.29, 1.82) is 5.26 Å². The Kier molecular flexibility index (Phi) is 4.86. The molecule has 2 rings (SSSR count). The number of rotatable bonds is 4. The van der Waals surface area contributed by atoms with E-state index in [9.17, 15) is 9.90 Å². The van der Waals surface area contributed by atoms with Gasteiger partial charge >= 0.3 is 0 Å². The van der Waals surface area contributed by atoms with Crippen LogP contribution in [0.4, 0.5) is 5.69 Å². The number of benzene rings is 2. The Labute approximate surface area is 123 Å². The molecular formula is C17H14N2O2. The molecule has 0 saturated heterocycles. The third-order valence-corrected chi connectivity index (χ3v) is 2.91. The highest BCUT2D eigenvalue weighted by Gasteiger charge is 2.02. The number of nitrogens with zero attached hydrogens (tertiary/aromatic N) is 1. The van der Waals surface area contributed by atoms with Gasteiger partial charge in [0.05, 0.1) is 18.2 Å². The zero-order valence-corrected chi connectivity index (χ0v) is 11.3. The van der Waals surface area contributed by atoms with Gasteiger partial charge in [-0.1, -0.05) is 30.3 Å². The highest BCUT2D eigenvalue weighted by Crippen LogP contribution is 2.14. The van der Waals surface area contributed by atoms with E-state index in [0.29, 0.717) is 16.8 Å². The van der Waals surface area contributed by atoms with Crippen LogP contribution in [-0.2, 0) is 11.4 Å². The molecule has 0 bridgehead atoms. The predicted molar refractivity (Wildman–Crippen MR) is 81.2 cm³/mol. The number of carbonyl (C=O) groups excluding carboxylic acids is 1. The third-order valence-electron chi connectivity index (χ3n) is 2.91. The minimum atomic E-state index is -0.278. The standard InChI is InChI=1S/C17H14N2O2/c18-11-14-7-5-13(6-8-14)9-10-17(21)19-16-4-2-1-3-15(16)12-20/h1-10,20H,12H2,(H,19,21). The van der Waals surface area contributed by atoms with Crippen LogP contribution in [0.1, 0.15) is 16.7 Å². The largest absolute Gasteiger partial charge is 0.392 e. The first kappa shape index (κ1) is 14.5. The maximum absolute atomic E-state index is 11.8. The summed E-state index contributed by atoms with van der Waals surface area (Å²) in [5, 5.41) is 20.6. The van der Waals surface area contributed by atoms with Crippen molar-refractivity contribution in [2.45, 2.75) is 6.61 Å². The van der Waals surface area contributed by atoms with Crippen molar-refractivity contribution >= 4 is 17.7 Å². The maximum atomic E-state index is 11.8. The van der Waals surface area contributed by atoms with Crippen molar-refractivity contribution in [3.8, 4) is 6.07 Å². The number of hydrogen-bond donors (Lipinski definition) is 2. The monoisotopic (exact) mass is 278 g/mol. The molecule has 1 amide bonds. The van der Waals surface area contributed by atoms with Crippen LogP contribution in [-0.4, -0.2) is 11.0 Å². The normalized spacial score (nSPS) is 10.3. The van der Waals surface area contributed by atoms with Gasteiger partial charge in [0.15, 0.2) is 0 Å². The van der Waals surface area contributed by atoms with Crippen LogP contribution in [0.3, 0.4) is 0 Å². The summed E-state index contributed by atoms with van der Waals surface area (Å²) in [6.07, 6.45) is 3.08. The van der Waals surface area contributed by atoms with Crippen molar-refractivity contribution in [3.63, 3.8) is 0 Å². The van der Waals surface area contributed by atoms with Crippen LogP contribution in [0.25, 0.3) is 6.08 Å². The van der Waals surface area contributed by atoms with E-state index in [1.165, 1.54) is 6.08 Å². The molecule has 0 aliphatic heterocycles. The first-order chi connectivity index (χ1) is 10.2. The number of nitriles is 1. The Morgan fingerprint density at radius 2 is 1.90 bits per heavy atom. The molecule has 4 nitrogen and oxygen atoms in total. The van der Waals surface area contributed by atoms with Crippen LogP contribution in [0, 0.1) is 11.3 Å². The molecule has 0 atom stereocenters. The van der Waals surface area contributed by atoms with E-state index >= 15 is 0 Å². The van der Waals surface area contributed by atoms with E-state index in [1.807, 2.05) is 6.07 Å². The predicted octanol–water partition coefficient (Wildman–Crippen LogP) is 2.70. The van der Waals surface area contributed by atoms with Crippen molar-refractivity contribution in [3.05, 3.63) is 71.3 Å². The minimum Gasteiger partial charge on any atom is -0.392 e. The van der Waals surface area contributed by atoms with E-state index in [4.69, 9.17) is 5.26 Å². The number of anilines is 1. The lowest BCUT2D eigenvalue weighted by atomic mass is 10.1. The lowest BCUT2D eigenvalue weighted by Crippen LogP contribution is -2.09. The van der Waals surface area contributed by atoms with Crippen LogP contribution < -0.4 is 5.32 Å². The van der Waals surface area contributed by atoms with E-state index in [1.54, 1.807) is 54.6 Å². The Balaban J connectivity index is 2.04. The van der Waals surface area contributed by atoms with Crippen LogP contribution in [0.15, 0.2) is 54.6 Å². The zero-order chi connectivity index (χ0) is 15.1. The van der Waals surface area contributed by atoms with Crippen molar-refractivity contribution in [1.82, 2.24) is 0 Å². The number of hydrogen-bond acceptors (Lipinski definition) is 3. The molecule has 0 aliphatic carbocycles. The van der Waals surface area contributed by atoms with Gasteiger partial charge in [-0.05, 0) is 29.8 Å². The fourth-order valence-electron chi connectivity index (χ4n) is 1.80. The van der Waals surface area contributed by atoms with Gasteiger partial charge in [0.2, 0.25) is 5.91 Å². The van der Waals surface area contributed by atoms with Crippen molar-refractivity contribution in [2.24, 2.45) is 0 Å². The molecule has 2 aromatic rings. The third kappa shape index (κ3) is 4.03. The summed E-state index contributed by atoms with van der Waals surface area (Å²) in [7, 11) is 0. The second-order valence-corrected chi connectivity index (χ2v) is 4.37. The summed E-state index contributed by atoms with van der Waals surface area (Å²) in [6.45, 7) is -0.129.